The van der Waals surface area contributed by atoms with E-state index in [2.05, 4.69) is 17.6 Å². The van der Waals surface area contributed by atoms with Crippen molar-refractivity contribution >= 4 is 12.0 Å². The summed E-state index contributed by atoms with van der Waals surface area (Å²) in [6.07, 6.45) is 4.14. The summed E-state index contributed by atoms with van der Waals surface area (Å²) in [7, 11) is 0. The number of hydrogen-bond acceptors (Lipinski definition) is 4. The summed E-state index contributed by atoms with van der Waals surface area (Å²) in [4.78, 5) is 23.8. The van der Waals surface area contributed by atoms with Crippen molar-refractivity contribution in [2.45, 2.75) is 71.4 Å². The number of rotatable bonds is 7. The minimum atomic E-state index is -0.505. The number of unbranched alkanes of at least 4 members (excludes halogenated alkanes) is 1. The molecule has 0 radical (unpaired) electrons. The van der Waals surface area contributed by atoms with Crippen LogP contribution in [0, 0.1) is 0 Å². The van der Waals surface area contributed by atoms with Crippen molar-refractivity contribution in [3.63, 3.8) is 0 Å². The van der Waals surface area contributed by atoms with Crippen LogP contribution in [0.25, 0.3) is 0 Å². The Balaban J connectivity index is 1.87. The third-order valence-electron chi connectivity index (χ3n) is 4.35. The molecule has 0 saturated carbocycles. The molecule has 1 aliphatic carbocycles. The average Bonchev–Trinajstić information content (AvgIpc) is 2.58. The molecule has 2 N–H and O–H groups in total. The van der Waals surface area contributed by atoms with Crippen molar-refractivity contribution in [1.82, 2.24) is 10.6 Å². The van der Waals surface area contributed by atoms with Crippen LogP contribution >= 0.6 is 0 Å². The van der Waals surface area contributed by atoms with Crippen molar-refractivity contribution in [3.05, 3.63) is 29.3 Å². The van der Waals surface area contributed by atoms with E-state index in [1.807, 2.05) is 39.0 Å². The zero-order valence-electron chi connectivity index (χ0n) is 16.9. The van der Waals surface area contributed by atoms with E-state index in [1.165, 1.54) is 5.56 Å². The van der Waals surface area contributed by atoms with Gasteiger partial charge in [-0.2, -0.15) is 0 Å². The molecule has 150 valence electrons. The Morgan fingerprint density at radius 3 is 2.70 bits per heavy atom. The Morgan fingerprint density at radius 2 is 2.00 bits per heavy atom. The molecule has 0 heterocycles. The minimum absolute atomic E-state index is 0.0160. The molecular weight excluding hydrogens is 344 g/mol. The molecule has 0 aliphatic heterocycles. The van der Waals surface area contributed by atoms with Gasteiger partial charge in [-0.3, -0.25) is 4.79 Å². The highest BCUT2D eigenvalue weighted by Gasteiger charge is 2.23. The second-order valence-electron chi connectivity index (χ2n) is 8.01. The predicted molar refractivity (Wildman–Crippen MR) is 105 cm³/mol. The molecule has 1 aromatic carbocycles. The lowest BCUT2D eigenvalue weighted by Crippen LogP contribution is -2.41. The first kappa shape index (κ1) is 21.1. The van der Waals surface area contributed by atoms with Gasteiger partial charge < -0.3 is 20.1 Å². The van der Waals surface area contributed by atoms with Crippen LogP contribution in [-0.2, 0) is 22.4 Å². The highest BCUT2D eigenvalue weighted by atomic mass is 16.6. The summed E-state index contributed by atoms with van der Waals surface area (Å²) in [5.74, 6) is 0.572. The Labute approximate surface area is 162 Å². The van der Waals surface area contributed by atoms with Crippen LogP contribution in [0.2, 0.25) is 0 Å². The molecule has 0 unspecified atom stereocenters. The van der Waals surface area contributed by atoms with Gasteiger partial charge >= 0.3 is 6.09 Å². The molecule has 0 bridgehead atoms. The lowest BCUT2D eigenvalue weighted by molar-refractivity contribution is -0.123. The molecule has 27 heavy (non-hydrogen) atoms. The maximum Gasteiger partial charge on any atom is 0.407 e. The lowest BCUT2D eigenvalue weighted by atomic mass is 9.88. The average molecular weight is 376 g/mol. The second-order valence-corrected chi connectivity index (χ2v) is 8.01. The van der Waals surface area contributed by atoms with Crippen molar-refractivity contribution < 1.29 is 19.1 Å². The van der Waals surface area contributed by atoms with E-state index < -0.39 is 5.60 Å². The number of nitrogens with one attached hydrogen (secondary N) is 2. The Kier molecular flexibility index (Phi) is 7.51. The Bertz CT molecular complexity index is 652. The molecule has 1 atom stereocenters. The summed E-state index contributed by atoms with van der Waals surface area (Å²) < 4.78 is 11.0. The number of amides is 2. The molecular formula is C21H32N2O4. The number of hydrogen-bond donors (Lipinski definition) is 2. The molecule has 1 aliphatic rings. The summed E-state index contributed by atoms with van der Waals surface area (Å²) >= 11 is 0. The largest absolute Gasteiger partial charge is 0.484 e. The Hall–Kier alpha value is -2.24. The Morgan fingerprint density at radius 1 is 1.22 bits per heavy atom. The third-order valence-corrected chi connectivity index (χ3v) is 4.35. The first-order valence-corrected chi connectivity index (χ1v) is 9.77. The maximum atomic E-state index is 12.0. The third kappa shape index (κ3) is 7.49. The number of benzene rings is 1. The van der Waals surface area contributed by atoms with E-state index in [1.54, 1.807) is 0 Å². The molecule has 1 aromatic rings. The van der Waals surface area contributed by atoms with Crippen LogP contribution < -0.4 is 15.4 Å². The normalized spacial score (nSPS) is 16.2. The molecule has 0 saturated heterocycles. The zero-order valence-corrected chi connectivity index (χ0v) is 16.9. The van der Waals surface area contributed by atoms with Gasteiger partial charge in [-0.05, 0) is 69.7 Å². The first-order valence-electron chi connectivity index (χ1n) is 9.77. The smallest absolute Gasteiger partial charge is 0.407 e. The van der Waals surface area contributed by atoms with E-state index in [0.29, 0.717) is 12.3 Å². The van der Waals surface area contributed by atoms with Crippen LogP contribution in [0.15, 0.2) is 18.2 Å². The highest BCUT2D eigenvalue weighted by molar-refractivity contribution is 5.77. The van der Waals surface area contributed by atoms with Gasteiger partial charge in [0.1, 0.15) is 11.4 Å². The van der Waals surface area contributed by atoms with Gasteiger partial charge in [-0.15, -0.1) is 0 Å². The van der Waals surface area contributed by atoms with Gasteiger partial charge in [-0.1, -0.05) is 19.4 Å². The number of alkyl carbamates (subject to hydrolysis) is 1. The summed E-state index contributed by atoms with van der Waals surface area (Å²) in [5, 5.41) is 5.79. The van der Waals surface area contributed by atoms with Crippen LogP contribution in [0.1, 0.15) is 58.1 Å². The fourth-order valence-corrected chi connectivity index (χ4v) is 3.03. The first-order chi connectivity index (χ1) is 12.8. The number of aryl methyl sites for hydroxylation is 1. The standard InChI is InChI=1S/C21H32N2O4/c1-5-6-11-22-19(24)14-26-18-10-8-15-7-9-17(12-16(15)13-18)23-20(25)27-21(2,3)4/h8,10,13,17H,5-7,9,11-12,14H2,1-4H3,(H,22,24)(H,23,25)/t17-/m0/s1. The zero-order chi connectivity index (χ0) is 19.9. The summed E-state index contributed by atoms with van der Waals surface area (Å²) in [6, 6.07) is 5.96. The summed E-state index contributed by atoms with van der Waals surface area (Å²) in [6.45, 7) is 8.34. The fourth-order valence-electron chi connectivity index (χ4n) is 3.03. The van der Waals surface area contributed by atoms with E-state index >= 15 is 0 Å². The molecule has 2 rings (SSSR count). The number of ether oxygens (including phenoxy) is 2. The van der Waals surface area contributed by atoms with Gasteiger partial charge in [0.2, 0.25) is 0 Å². The van der Waals surface area contributed by atoms with Gasteiger partial charge in [0.05, 0.1) is 0 Å². The number of carbonyl (C=O) groups excluding carboxylic acids is 2. The minimum Gasteiger partial charge on any atom is -0.484 e. The van der Waals surface area contributed by atoms with Gasteiger partial charge in [0, 0.05) is 12.6 Å². The highest BCUT2D eigenvalue weighted by Crippen LogP contribution is 2.26. The quantitative estimate of drug-likeness (QED) is 0.716. The number of carbonyl (C=O) groups is 2. The van der Waals surface area contributed by atoms with Crippen LogP contribution in [0.3, 0.4) is 0 Å². The van der Waals surface area contributed by atoms with E-state index in [4.69, 9.17) is 9.47 Å². The predicted octanol–water partition coefficient (Wildman–Crippen LogP) is 3.36. The summed E-state index contributed by atoms with van der Waals surface area (Å²) in [5.41, 5.74) is 1.90. The molecule has 6 nitrogen and oxygen atoms in total. The van der Waals surface area contributed by atoms with Gasteiger partial charge in [0.25, 0.3) is 5.91 Å². The lowest BCUT2D eigenvalue weighted by Gasteiger charge is -2.27. The molecule has 0 aromatic heterocycles. The molecule has 0 spiro atoms. The van der Waals surface area contributed by atoms with E-state index in [0.717, 1.165) is 37.7 Å². The SMILES string of the molecule is CCCCNC(=O)COc1ccc2c(c1)C[C@@H](NC(=O)OC(C)(C)C)CC2. The molecule has 2 amide bonds. The van der Waals surface area contributed by atoms with E-state index in [9.17, 15) is 9.59 Å². The van der Waals surface area contributed by atoms with Gasteiger partial charge in [0.15, 0.2) is 6.61 Å². The van der Waals surface area contributed by atoms with Crippen LogP contribution in [-0.4, -0.2) is 36.8 Å². The second kappa shape index (κ2) is 9.62. The monoisotopic (exact) mass is 376 g/mol. The van der Waals surface area contributed by atoms with Crippen LogP contribution in [0.4, 0.5) is 4.79 Å². The molecule has 6 heteroatoms. The van der Waals surface area contributed by atoms with Crippen molar-refractivity contribution in [2.24, 2.45) is 0 Å². The number of fused-ring (bicyclic) bond motifs is 1. The van der Waals surface area contributed by atoms with Crippen LogP contribution in [0.5, 0.6) is 5.75 Å². The molecule has 0 fully saturated rings. The van der Waals surface area contributed by atoms with Gasteiger partial charge in [-0.25, -0.2) is 4.79 Å². The van der Waals surface area contributed by atoms with Crippen molar-refractivity contribution in [1.29, 1.82) is 0 Å². The topological polar surface area (TPSA) is 76.7 Å². The van der Waals surface area contributed by atoms with E-state index in [-0.39, 0.29) is 24.6 Å². The van der Waals surface area contributed by atoms with Crippen molar-refractivity contribution in [2.75, 3.05) is 13.2 Å². The fraction of sp³-hybridized carbons (Fsp3) is 0.619. The maximum absolute atomic E-state index is 12.0. The van der Waals surface area contributed by atoms with Crippen molar-refractivity contribution in [3.8, 4) is 5.75 Å².